The van der Waals surface area contributed by atoms with E-state index in [1.54, 1.807) is 18.4 Å². The maximum Gasteiger partial charge on any atom is 0.180 e. The predicted molar refractivity (Wildman–Crippen MR) is 46.2 cm³/mol. The van der Waals surface area contributed by atoms with Crippen LogP contribution in [-0.2, 0) is 4.79 Å². The number of carbonyl (C=O) groups excluding carboxylic acids is 1. The molecule has 0 saturated heterocycles. The molecule has 0 fully saturated rings. The second kappa shape index (κ2) is 3.30. The topological polar surface area (TPSA) is 56.0 Å². The highest BCUT2D eigenvalue weighted by molar-refractivity contribution is 7.13. The van der Waals surface area contributed by atoms with Crippen LogP contribution in [0.2, 0.25) is 0 Å². The van der Waals surface area contributed by atoms with Crippen molar-refractivity contribution in [2.75, 3.05) is 5.73 Å². The summed E-state index contributed by atoms with van der Waals surface area (Å²) in [7, 11) is 0. The monoisotopic (exact) mass is 168 g/mol. The molecular formula is C7H8N2OS. The van der Waals surface area contributed by atoms with Gasteiger partial charge in [0.2, 0.25) is 0 Å². The third-order valence-electron chi connectivity index (χ3n) is 1.26. The lowest BCUT2D eigenvalue weighted by Gasteiger charge is -1.88. The molecule has 3 nitrogen and oxygen atoms in total. The summed E-state index contributed by atoms with van der Waals surface area (Å²) in [5.41, 5.74) is 6.63. The highest BCUT2D eigenvalue weighted by Gasteiger charge is 2.02. The zero-order valence-electron chi connectivity index (χ0n) is 6.07. The van der Waals surface area contributed by atoms with Crippen molar-refractivity contribution >= 4 is 28.3 Å². The largest absolute Gasteiger partial charge is 0.375 e. The van der Waals surface area contributed by atoms with Gasteiger partial charge in [-0.05, 0) is 6.92 Å². The number of aromatic nitrogens is 1. The van der Waals surface area contributed by atoms with Gasteiger partial charge in [-0.3, -0.25) is 4.79 Å². The van der Waals surface area contributed by atoms with Crippen molar-refractivity contribution in [2.24, 2.45) is 0 Å². The van der Waals surface area contributed by atoms with Gasteiger partial charge in [-0.25, -0.2) is 4.98 Å². The maximum absolute atomic E-state index is 10.4. The quantitative estimate of drug-likeness (QED) is 0.535. The first-order valence-electron chi connectivity index (χ1n) is 3.10. The molecule has 0 saturated carbocycles. The van der Waals surface area contributed by atoms with Crippen molar-refractivity contribution in [3.63, 3.8) is 0 Å². The molecule has 58 valence electrons. The number of nitrogens with zero attached hydrogens (tertiary/aromatic N) is 1. The minimum atomic E-state index is 0.487. The molecule has 0 bridgehead atoms. The van der Waals surface area contributed by atoms with E-state index in [0.29, 0.717) is 16.4 Å². The van der Waals surface area contributed by atoms with Gasteiger partial charge in [0.15, 0.2) is 11.4 Å². The molecule has 0 aliphatic heterocycles. The molecule has 0 aliphatic carbocycles. The number of rotatable bonds is 2. The maximum atomic E-state index is 10.4. The molecule has 1 aromatic rings. The zero-order chi connectivity index (χ0) is 8.27. The van der Waals surface area contributed by atoms with E-state index in [4.69, 9.17) is 5.73 Å². The summed E-state index contributed by atoms with van der Waals surface area (Å²) in [6.07, 6.45) is 2.48. The van der Waals surface area contributed by atoms with Gasteiger partial charge >= 0.3 is 0 Å². The van der Waals surface area contributed by atoms with E-state index >= 15 is 0 Å². The van der Waals surface area contributed by atoms with Crippen molar-refractivity contribution in [3.05, 3.63) is 17.2 Å². The SMILES string of the molecule is C/C=C(\C=O)c1csc(N)n1. The van der Waals surface area contributed by atoms with Crippen LogP contribution < -0.4 is 5.73 Å². The first kappa shape index (κ1) is 7.94. The van der Waals surface area contributed by atoms with E-state index in [1.165, 1.54) is 11.3 Å². The normalized spacial score (nSPS) is 11.5. The van der Waals surface area contributed by atoms with Crippen LogP contribution in [0.15, 0.2) is 11.5 Å². The van der Waals surface area contributed by atoms with E-state index in [0.717, 1.165) is 6.29 Å². The lowest BCUT2D eigenvalue weighted by Crippen LogP contribution is -1.87. The molecule has 11 heavy (non-hydrogen) atoms. The summed E-state index contributed by atoms with van der Waals surface area (Å²) in [4.78, 5) is 14.4. The molecule has 0 amide bonds. The van der Waals surface area contributed by atoms with Gasteiger partial charge in [0.05, 0.1) is 5.69 Å². The molecule has 0 atom stereocenters. The van der Waals surface area contributed by atoms with E-state index in [9.17, 15) is 4.79 Å². The number of allylic oxidation sites excluding steroid dienone is 2. The second-order valence-corrected chi connectivity index (χ2v) is 2.82. The van der Waals surface area contributed by atoms with Gasteiger partial charge in [-0.15, -0.1) is 11.3 Å². The van der Waals surface area contributed by atoms with E-state index < -0.39 is 0 Å². The first-order valence-corrected chi connectivity index (χ1v) is 3.98. The summed E-state index contributed by atoms with van der Waals surface area (Å²) < 4.78 is 0. The Morgan fingerprint density at radius 3 is 2.91 bits per heavy atom. The summed E-state index contributed by atoms with van der Waals surface area (Å²) in [6, 6.07) is 0. The smallest absolute Gasteiger partial charge is 0.180 e. The third kappa shape index (κ3) is 1.65. The van der Waals surface area contributed by atoms with Gasteiger partial charge < -0.3 is 5.73 Å². The molecule has 1 rings (SSSR count). The van der Waals surface area contributed by atoms with Crippen molar-refractivity contribution < 1.29 is 4.79 Å². The number of anilines is 1. The zero-order valence-corrected chi connectivity index (χ0v) is 6.89. The number of hydrogen-bond acceptors (Lipinski definition) is 4. The Kier molecular flexibility index (Phi) is 2.38. The van der Waals surface area contributed by atoms with Gasteiger partial charge in [0, 0.05) is 11.0 Å². The Hall–Kier alpha value is -1.16. The van der Waals surface area contributed by atoms with Gasteiger partial charge in [0.1, 0.15) is 0 Å². The molecular weight excluding hydrogens is 160 g/mol. The third-order valence-corrected chi connectivity index (χ3v) is 1.93. The molecule has 0 spiro atoms. The number of nitrogen functional groups attached to an aromatic ring is 1. The lowest BCUT2D eigenvalue weighted by atomic mass is 10.2. The fraction of sp³-hybridized carbons (Fsp3) is 0.143. The van der Waals surface area contributed by atoms with Crippen LogP contribution in [0.1, 0.15) is 12.6 Å². The van der Waals surface area contributed by atoms with Crippen LogP contribution in [0.5, 0.6) is 0 Å². The fourth-order valence-corrected chi connectivity index (χ4v) is 1.27. The fourth-order valence-electron chi connectivity index (χ4n) is 0.696. The van der Waals surface area contributed by atoms with Gasteiger partial charge in [-0.1, -0.05) is 6.08 Å². The van der Waals surface area contributed by atoms with Gasteiger partial charge in [-0.2, -0.15) is 0 Å². The highest BCUT2D eigenvalue weighted by Crippen LogP contribution is 2.17. The van der Waals surface area contributed by atoms with Crippen LogP contribution in [-0.4, -0.2) is 11.3 Å². The van der Waals surface area contributed by atoms with E-state index in [-0.39, 0.29) is 0 Å². The number of hydrogen-bond donors (Lipinski definition) is 1. The van der Waals surface area contributed by atoms with Crippen molar-refractivity contribution in [1.82, 2.24) is 4.98 Å². The first-order chi connectivity index (χ1) is 5.27. The van der Waals surface area contributed by atoms with Crippen LogP contribution in [0, 0.1) is 0 Å². The number of aldehydes is 1. The van der Waals surface area contributed by atoms with E-state index in [2.05, 4.69) is 4.98 Å². The molecule has 0 aromatic carbocycles. The second-order valence-electron chi connectivity index (χ2n) is 1.93. The number of carbonyl (C=O) groups is 1. The number of nitrogens with two attached hydrogens (primary N) is 1. The van der Waals surface area contributed by atoms with Crippen LogP contribution in [0.25, 0.3) is 5.57 Å². The molecule has 1 aromatic heterocycles. The number of thiazole rings is 1. The Morgan fingerprint density at radius 1 is 1.82 bits per heavy atom. The molecule has 1 heterocycles. The Balaban J connectivity index is 3.00. The van der Waals surface area contributed by atoms with E-state index in [1.807, 2.05) is 0 Å². The molecule has 2 N–H and O–H groups in total. The molecule has 4 heteroatoms. The van der Waals surface area contributed by atoms with Crippen LogP contribution >= 0.6 is 11.3 Å². The standard InChI is InChI=1S/C7H8N2OS/c1-2-5(3-10)6-4-11-7(8)9-6/h2-4H,1H3,(H2,8,9)/b5-2+. The minimum Gasteiger partial charge on any atom is -0.375 e. The highest BCUT2D eigenvalue weighted by atomic mass is 32.1. The lowest BCUT2D eigenvalue weighted by molar-refractivity contribution is -0.103. The Morgan fingerprint density at radius 2 is 2.55 bits per heavy atom. The van der Waals surface area contributed by atoms with Gasteiger partial charge in [0.25, 0.3) is 0 Å². The summed E-state index contributed by atoms with van der Waals surface area (Å²) in [5.74, 6) is 0. The summed E-state index contributed by atoms with van der Waals surface area (Å²) in [5, 5.41) is 2.25. The van der Waals surface area contributed by atoms with Crippen LogP contribution in [0.4, 0.5) is 5.13 Å². The average Bonchev–Trinajstić information content (AvgIpc) is 2.39. The summed E-state index contributed by atoms with van der Waals surface area (Å²) in [6.45, 7) is 1.79. The molecule has 0 unspecified atom stereocenters. The molecule has 0 aliphatic rings. The van der Waals surface area contributed by atoms with Crippen molar-refractivity contribution in [3.8, 4) is 0 Å². The van der Waals surface area contributed by atoms with Crippen molar-refractivity contribution in [1.29, 1.82) is 0 Å². The summed E-state index contributed by atoms with van der Waals surface area (Å²) >= 11 is 1.33. The minimum absolute atomic E-state index is 0.487. The van der Waals surface area contributed by atoms with Crippen LogP contribution in [0.3, 0.4) is 0 Å². The Labute approximate surface area is 68.6 Å². The predicted octanol–water partition coefficient (Wildman–Crippen LogP) is 1.33. The average molecular weight is 168 g/mol. The Bertz CT molecular complexity index is 290. The molecule has 0 radical (unpaired) electrons. The van der Waals surface area contributed by atoms with Crippen molar-refractivity contribution in [2.45, 2.75) is 6.92 Å².